The second-order valence-electron chi connectivity index (χ2n) is 8.92. The maximum Gasteiger partial charge on any atom is 0.262 e. The molecule has 2 fully saturated rings. The molecule has 0 bridgehead atoms. The molecule has 2 aromatic rings. The molecule has 0 spiro atoms. The van der Waals surface area contributed by atoms with Crippen LogP contribution in [-0.4, -0.2) is 78.9 Å². The Morgan fingerprint density at radius 3 is 2.56 bits per heavy atom. The fourth-order valence-electron chi connectivity index (χ4n) is 5.03. The van der Waals surface area contributed by atoms with E-state index in [-0.39, 0.29) is 11.8 Å². The molecule has 7 heteroatoms. The van der Waals surface area contributed by atoms with Gasteiger partial charge in [0.05, 0.1) is 28.4 Å². The number of benzene rings is 1. The van der Waals surface area contributed by atoms with E-state index in [0.29, 0.717) is 47.5 Å². The third-order valence-electron chi connectivity index (χ3n) is 6.95. The van der Waals surface area contributed by atoms with Crippen molar-refractivity contribution in [2.45, 2.75) is 25.4 Å². The van der Waals surface area contributed by atoms with Gasteiger partial charge in [0.1, 0.15) is 0 Å². The molecule has 3 aliphatic heterocycles. The molecule has 0 unspecified atom stereocenters. The van der Waals surface area contributed by atoms with Gasteiger partial charge in [0.2, 0.25) is 0 Å². The third kappa shape index (κ3) is 3.97. The predicted molar refractivity (Wildman–Crippen MR) is 124 cm³/mol. The van der Waals surface area contributed by atoms with Crippen molar-refractivity contribution in [3.63, 3.8) is 0 Å². The molecular formula is C25H27ClN4O2. The van der Waals surface area contributed by atoms with Crippen LogP contribution in [0.5, 0.6) is 0 Å². The van der Waals surface area contributed by atoms with Crippen LogP contribution in [0.4, 0.5) is 5.69 Å². The van der Waals surface area contributed by atoms with Gasteiger partial charge in [0, 0.05) is 38.3 Å². The summed E-state index contributed by atoms with van der Waals surface area (Å²) in [5.74, 6) is -0.191. The lowest BCUT2D eigenvalue weighted by Gasteiger charge is -2.42. The number of amides is 2. The minimum absolute atomic E-state index is 0.0479. The van der Waals surface area contributed by atoms with E-state index in [1.54, 1.807) is 23.1 Å². The molecule has 166 valence electrons. The summed E-state index contributed by atoms with van der Waals surface area (Å²) in [5, 5.41) is 0.459. The fourth-order valence-corrected chi connectivity index (χ4v) is 5.31. The van der Waals surface area contributed by atoms with Gasteiger partial charge in [0.15, 0.2) is 0 Å². The maximum absolute atomic E-state index is 13.2. The molecule has 0 radical (unpaired) electrons. The van der Waals surface area contributed by atoms with E-state index in [9.17, 15) is 9.59 Å². The van der Waals surface area contributed by atoms with Crippen LogP contribution >= 0.6 is 11.6 Å². The molecule has 3 aliphatic rings. The predicted octanol–water partition coefficient (Wildman–Crippen LogP) is 2.95. The molecule has 2 aromatic carbocycles. The first kappa shape index (κ1) is 21.3. The number of carbonyl (C=O) groups excluding carboxylic acids is 2. The second-order valence-corrected chi connectivity index (χ2v) is 9.33. The van der Waals surface area contributed by atoms with Crippen molar-refractivity contribution in [3.05, 3.63) is 64.2 Å². The zero-order chi connectivity index (χ0) is 22.2. The highest BCUT2D eigenvalue weighted by Crippen LogP contribution is 2.32. The van der Waals surface area contributed by atoms with Crippen molar-refractivity contribution < 1.29 is 9.59 Å². The molecule has 2 amide bonds. The van der Waals surface area contributed by atoms with Gasteiger partial charge >= 0.3 is 0 Å². The van der Waals surface area contributed by atoms with E-state index in [1.807, 2.05) is 17.0 Å². The molecule has 0 atom stereocenters. The summed E-state index contributed by atoms with van der Waals surface area (Å²) in [7, 11) is 2.18. The Balaban J connectivity index is 1.25. The molecule has 6 nitrogen and oxygen atoms in total. The van der Waals surface area contributed by atoms with Crippen molar-refractivity contribution in [1.29, 1.82) is 0 Å². The number of nitrogens with zero attached hydrogens (tertiary/aromatic N) is 4. The SMILES string of the molecule is CN1CCC(N2CCN(C(=O)c3c#ccc(N4Cc5cccc(Cl)c5C4=O)c3)CC2)CC1. The largest absolute Gasteiger partial charge is 0.336 e. The maximum atomic E-state index is 13.2. The Hall–Kier alpha value is -2.59. The highest BCUT2D eigenvalue weighted by atomic mass is 35.5. The highest BCUT2D eigenvalue weighted by molar-refractivity contribution is 6.35. The highest BCUT2D eigenvalue weighted by Gasteiger charge is 2.32. The van der Waals surface area contributed by atoms with Crippen LogP contribution in [0.3, 0.4) is 0 Å². The normalized spacial score (nSPS) is 20.4. The van der Waals surface area contributed by atoms with E-state index in [4.69, 9.17) is 11.6 Å². The van der Waals surface area contributed by atoms with Gasteiger partial charge in [-0.15, -0.1) is 0 Å². The molecule has 32 heavy (non-hydrogen) atoms. The van der Waals surface area contributed by atoms with Crippen molar-refractivity contribution in [2.24, 2.45) is 0 Å². The zero-order valence-corrected chi connectivity index (χ0v) is 19.1. The van der Waals surface area contributed by atoms with Crippen molar-refractivity contribution >= 4 is 29.1 Å². The van der Waals surface area contributed by atoms with Gasteiger partial charge in [-0.05, 0) is 50.7 Å². The molecule has 2 saturated heterocycles. The van der Waals surface area contributed by atoms with Gasteiger partial charge in [-0.1, -0.05) is 35.9 Å². The molecule has 0 aliphatic carbocycles. The number of carbonyl (C=O) groups is 2. The number of hydrogen-bond donors (Lipinski definition) is 0. The first-order chi connectivity index (χ1) is 15.5. The molecule has 0 N–H and O–H groups in total. The first-order valence-electron chi connectivity index (χ1n) is 11.3. The molecule has 0 saturated carbocycles. The summed E-state index contributed by atoms with van der Waals surface area (Å²) < 4.78 is 0. The number of hydrogen-bond acceptors (Lipinski definition) is 4. The third-order valence-corrected chi connectivity index (χ3v) is 7.27. The number of anilines is 1. The monoisotopic (exact) mass is 450 g/mol. The van der Waals surface area contributed by atoms with Crippen LogP contribution in [0.2, 0.25) is 5.02 Å². The minimum Gasteiger partial charge on any atom is -0.336 e. The lowest BCUT2D eigenvalue weighted by atomic mass is 10.0. The average molecular weight is 451 g/mol. The fraction of sp³-hybridized carbons (Fsp3) is 0.440. The lowest BCUT2D eigenvalue weighted by molar-refractivity contribution is 0.0475. The summed E-state index contributed by atoms with van der Waals surface area (Å²) >= 11 is 6.25. The second kappa shape index (κ2) is 8.74. The summed E-state index contributed by atoms with van der Waals surface area (Å²) in [6, 6.07) is 15.5. The summed E-state index contributed by atoms with van der Waals surface area (Å²) in [4.78, 5) is 34.6. The van der Waals surface area contributed by atoms with E-state index >= 15 is 0 Å². The first-order valence-corrected chi connectivity index (χ1v) is 11.6. The van der Waals surface area contributed by atoms with Gasteiger partial charge in [-0.25, -0.2) is 0 Å². The molecule has 5 rings (SSSR count). The van der Waals surface area contributed by atoms with E-state index in [2.05, 4.69) is 29.0 Å². The smallest absolute Gasteiger partial charge is 0.262 e. The lowest BCUT2D eigenvalue weighted by Crippen LogP contribution is -2.54. The van der Waals surface area contributed by atoms with Gasteiger partial charge in [-0.2, -0.15) is 0 Å². The van der Waals surface area contributed by atoms with Crippen LogP contribution in [0.15, 0.2) is 30.3 Å². The van der Waals surface area contributed by atoms with Gasteiger partial charge in [0.25, 0.3) is 11.8 Å². The van der Waals surface area contributed by atoms with Crippen molar-refractivity contribution in [3.8, 4) is 0 Å². The number of rotatable bonds is 3. The van der Waals surface area contributed by atoms with Crippen molar-refractivity contribution in [1.82, 2.24) is 14.7 Å². The van der Waals surface area contributed by atoms with Crippen molar-refractivity contribution in [2.75, 3.05) is 51.2 Å². The number of piperidine rings is 1. The number of fused-ring (bicyclic) bond motifs is 1. The Bertz CT molecular complexity index is 1030. The Morgan fingerprint density at radius 2 is 1.84 bits per heavy atom. The van der Waals surface area contributed by atoms with Gasteiger partial charge in [-0.3, -0.25) is 14.5 Å². The van der Waals surface area contributed by atoms with Gasteiger partial charge < -0.3 is 14.7 Å². The van der Waals surface area contributed by atoms with Crippen LogP contribution in [0.25, 0.3) is 0 Å². The van der Waals surface area contributed by atoms with Crippen LogP contribution in [0, 0.1) is 12.1 Å². The summed E-state index contributed by atoms with van der Waals surface area (Å²) in [6.45, 7) is 5.97. The molecule has 0 aromatic heterocycles. The Labute approximate surface area is 194 Å². The summed E-state index contributed by atoms with van der Waals surface area (Å²) in [6.07, 6.45) is 2.40. The van der Waals surface area contributed by atoms with Crippen LogP contribution < -0.4 is 4.90 Å². The van der Waals surface area contributed by atoms with E-state index in [0.717, 1.165) is 31.7 Å². The number of piperazine rings is 1. The number of halogens is 1. The molecular weight excluding hydrogens is 424 g/mol. The molecule has 3 heterocycles. The minimum atomic E-state index is -0.143. The quantitative estimate of drug-likeness (QED) is 0.721. The van der Waals surface area contributed by atoms with E-state index in [1.165, 1.54) is 12.8 Å². The summed E-state index contributed by atoms with van der Waals surface area (Å²) in [5.41, 5.74) is 2.53. The standard InChI is InChI=1S/C25H27ClN4O2/c1-27-10-8-20(9-11-27)28-12-14-29(15-13-28)24(31)18-4-2-6-21(16-18)30-17-19-5-3-7-22(26)23(19)25(30)32/h3,5-7,16,20H,8-15,17H2,1H3. The Kier molecular flexibility index (Phi) is 5.81. The zero-order valence-electron chi connectivity index (χ0n) is 18.3. The van der Waals surface area contributed by atoms with E-state index < -0.39 is 0 Å². The van der Waals surface area contributed by atoms with Crippen LogP contribution in [-0.2, 0) is 6.54 Å². The topological polar surface area (TPSA) is 47.1 Å². The Morgan fingerprint density at radius 1 is 1.09 bits per heavy atom. The van der Waals surface area contributed by atoms with Crippen LogP contribution in [0.1, 0.15) is 39.1 Å². The average Bonchev–Trinajstić information content (AvgIpc) is 3.17. The number of likely N-dealkylation sites (tertiary alicyclic amines) is 1.